The van der Waals surface area contributed by atoms with Gasteiger partial charge in [-0.15, -0.1) is 0 Å². The van der Waals surface area contributed by atoms with Crippen LogP contribution in [0.3, 0.4) is 0 Å². The first-order valence-electron chi connectivity index (χ1n) is 7.39. The molecule has 5 heteroatoms. The van der Waals surface area contributed by atoms with Gasteiger partial charge in [0, 0.05) is 18.2 Å². The molecule has 0 bridgehead atoms. The van der Waals surface area contributed by atoms with E-state index in [1.807, 2.05) is 25.1 Å². The highest BCUT2D eigenvalue weighted by molar-refractivity contribution is 6.31. The Balaban J connectivity index is 2.09. The second-order valence-corrected chi connectivity index (χ2v) is 5.64. The third-order valence-corrected chi connectivity index (χ3v) is 4.03. The summed E-state index contributed by atoms with van der Waals surface area (Å²) in [6, 6.07) is 5.14. The van der Waals surface area contributed by atoms with Crippen LogP contribution in [0.15, 0.2) is 18.2 Å². The Bertz CT molecular complexity index is 486. The Kier molecular flexibility index (Phi) is 6.03. The highest BCUT2D eigenvalue weighted by Gasteiger charge is 2.24. The van der Waals surface area contributed by atoms with Crippen molar-refractivity contribution < 1.29 is 14.3 Å². The standard InChI is InChI=1S/C16H22ClNO3/c1-3-20-16(19)15(18-10-13-5-4-8-21-13)12-7-6-11(2)14(17)9-12/h6-7,9,13,15,18H,3-5,8,10H2,1-2H3. The van der Waals surface area contributed by atoms with E-state index in [0.29, 0.717) is 18.2 Å². The van der Waals surface area contributed by atoms with E-state index < -0.39 is 6.04 Å². The van der Waals surface area contributed by atoms with Gasteiger partial charge in [0.15, 0.2) is 0 Å². The van der Waals surface area contributed by atoms with E-state index in [0.717, 1.165) is 30.6 Å². The molecule has 21 heavy (non-hydrogen) atoms. The first-order chi connectivity index (χ1) is 10.1. The molecule has 1 N–H and O–H groups in total. The van der Waals surface area contributed by atoms with Gasteiger partial charge in [0.1, 0.15) is 6.04 Å². The third-order valence-electron chi connectivity index (χ3n) is 3.63. The van der Waals surface area contributed by atoms with Crippen molar-refractivity contribution in [1.29, 1.82) is 0 Å². The van der Waals surface area contributed by atoms with Crippen LogP contribution in [-0.2, 0) is 14.3 Å². The zero-order valence-corrected chi connectivity index (χ0v) is 13.3. The van der Waals surface area contributed by atoms with Gasteiger partial charge in [-0.2, -0.15) is 0 Å². The van der Waals surface area contributed by atoms with E-state index in [1.54, 1.807) is 6.92 Å². The Morgan fingerprint density at radius 2 is 2.38 bits per heavy atom. The normalized spacial score (nSPS) is 19.5. The number of carbonyl (C=O) groups excluding carboxylic acids is 1. The first kappa shape index (κ1) is 16.3. The molecule has 0 saturated carbocycles. The van der Waals surface area contributed by atoms with Crippen molar-refractivity contribution in [2.45, 2.75) is 38.8 Å². The molecule has 0 amide bonds. The van der Waals surface area contributed by atoms with Gasteiger partial charge in [-0.25, -0.2) is 4.79 Å². The molecule has 0 aliphatic carbocycles. The molecule has 1 saturated heterocycles. The Hall–Kier alpha value is -1.10. The van der Waals surface area contributed by atoms with Crippen LogP contribution in [0.2, 0.25) is 5.02 Å². The van der Waals surface area contributed by atoms with E-state index in [1.165, 1.54) is 0 Å². The quantitative estimate of drug-likeness (QED) is 0.820. The van der Waals surface area contributed by atoms with Crippen molar-refractivity contribution in [1.82, 2.24) is 5.32 Å². The number of esters is 1. The van der Waals surface area contributed by atoms with Gasteiger partial charge < -0.3 is 9.47 Å². The van der Waals surface area contributed by atoms with Crippen molar-refractivity contribution in [3.05, 3.63) is 34.3 Å². The summed E-state index contributed by atoms with van der Waals surface area (Å²) in [7, 11) is 0. The topological polar surface area (TPSA) is 47.6 Å². The van der Waals surface area contributed by atoms with Crippen LogP contribution < -0.4 is 5.32 Å². The van der Waals surface area contributed by atoms with E-state index in [-0.39, 0.29) is 12.1 Å². The Labute approximate surface area is 130 Å². The highest BCUT2D eigenvalue weighted by atomic mass is 35.5. The molecule has 1 fully saturated rings. The Morgan fingerprint density at radius 1 is 1.57 bits per heavy atom. The summed E-state index contributed by atoms with van der Waals surface area (Å²) in [6.45, 7) is 5.53. The molecule has 1 aliphatic heterocycles. The lowest BCUT2D eigenvalue weighted by Crippen LogP contribution is -2.35. The van der Waals surface area contributed by atoms with Gasteiger partial charge in [-0.3, -0.25) is 5.32 Å². The zero-order chi connectivity index (χ0) is 15.2. The fourth-order valence-electron chi connectivity index (χ4n) is 2.41. The molecule has 1 aromatic carbocycles. The number of aryl methyl sites for hydroxylation is 1. The molecule has 4 nitrogen and oxygen atoms in total. The monoisotopic (exact) mass is 311 g/mol. The maximum atomic E-state index is 12.2. The predicted molar refractivity (Wildman–Crippen MR) is 82.5 cm³/mol. The predicted octanol–water partition coefficient (Wildman–Crippen LogP) is 3.02. The highest BCUT2D eigenvalue weighted by Crippen LogP contribution is 2.23. The largest absolute Gasteiger partial charge is 0.465 e. The van der Waals surface area contributed by atoms with Gasteiger partial charge >= 0.3 is 5.97 Å². The lowest BCUT2D eigenvalue weighted by Gasteiger charge is -2.20. The van der Waals surface area contributed by atoms with Crippen LogP contribution in [0.25, 0.3) is 0 Å². The maximum absolute atomic E-state index is 12.2. The van der Waals surface area contributed by atoms with Crippen LogP contribution >= 0.6 is 11.6 Å². The fraction of sp³-hybridized carbons (Fsp3) is 0.562. The smallest absolute Gasteiger partial charge is 0.327 e. The molecule has 0 aromatic heterocycles. The van der Waals surface area contributed by atoms with Crippen LogP contribution in [0.5, 0.6) is 0 Å². The number of hydrogen-bond acceptors (Lipinski definition) is 4. The number of rotatable bonds is 6. The Morgan fingerprint density at radius 3 is 3.00 bits per heavy atom. The second kappa shape index (κ2) is 7.78. The SMILES string of the molecule is CCOC(=O)C(NCC1CCCO1)c1ccc(C)c(Cl)c1. The van der Waals surface area contributed by atoms with Gasteiger partial charge in [0.05, 0.1) is 12.7 Å². The summed E-state index contributed by atoms with van der Waals surface area (Å²) < 4.78 is 10.7. The van der Waals surface area contributed by atoms with Crippen LogP contribution in [0.1, 0.15) is 36.9 Å². The fourth-order valence-corrected chi connectivity index (χ4v) is 2.60. The zero-order valence-electron chi connectivity index (χ0n) is 12.5. The van der Waals surface area contributed by atoms with Crippen LogP contribution in [0.4, 0.5) is 0 Å². The van der Waals surface area contributed by atoms with Gasteiger partial charge in [-0.1, -0.05) is 23.7 Å². The minimum absolute atomic E-state index is 0.169. The average molecular weight is 312 g/mol. The van der Waals surface area contributed by atoms with Crippen LogP contribution in [-0.4, -0.2) is 31.8 Å². The van der Waals surface area contributed by atoms with Crippen molar-refractivity contribution in [2.75, 3.05) is 19.8 Å². The molecular weight excluding hydrogens is 290 g/mol. The van der Waals surface area contributed by atoms with Gasteiger partial charge in [0.2, 0.25) is 0 Å². The van der Waals surface area contributed by atoms with E-state index in [4.69, 9.17) is 21.1 Å². The summed E-state index contributed by atoms with van der Waals surface area (Å²) in [5, 5.41) is 3.90. The van der Waals surface area contributed by atoms with Gasteiger partial charge in [-0.05, 0) is 43.9 Å². The minimum atomic E-state index is -0.507. The van der Waals surface area contributed by atoms with E-state index in [9.17, 15) is 4.79 Å². The summed E-state index contributed by atoms with van der Waals surface area (Å²) >= 11 is 6.16. The lowest BCUT2D eigenvalue weighted by atomic mass is 10.0. The van der Waals surface area contributed by atoms with Crippen molar-refractivity contribution >= 4 is 17.6 Å². The molecule has 116 valence electrons. The molecule has 1 heterocycles. The first-order valence-corrected chi connectivity index (χ1v) is 7.77. The summed E-state index contributed by atoms with van der Waals surface area (Å²) in [5.41, 5.74) is 1.81. The van der Waals surface area contributed by atoms with Crippen molar-refractivity contribution in [3.63, 3.8) is 0 Å². The average Bonchev–Trinajstić information content (AvgIpc) is 2.96. The number of carbonyl (C=O) groups is 1. The second-order valence-electron chi connectivity index (χ2n) is 5.24. The number of benzene rings is 1. The molecule has 2 unspecified atom stereocenters. The number of halogens is 1. The molecular formula is C16H22ClNO3. The minimum Gasteiger partial charge on any atom is -0.465 e. The molecule has 1 aromatic rings. The lowest BCUT2D eigenvalue weighted by molar-refractivity contribution is -0.146. The van der Waals surface area contributed by atoms with Crippen molar-refractivity contribution in [2.24, 2.45) is 0 Å². The van der Waals surface area contributed by atoms with Crippen molar-refractivity contribution in [3.8, 4) is 0 Å². The molecule has 0 spiro atoms. The van der Waals surface area contributed by atoms with E-state index >= 15 is 0 Å². The summed E-state index contributed by atoms with van der Waals surface area (Å²) in [6.07, 6.45) is 2.27. The van der Waals surface area contributed by atoms with Gasteiger partial charge in [0.25, 0.3) is 0 Å². The molecule has 1 aliphatic rings. The molecule has 2 atom stereocenters. The summed E-state index contributed by atoms with van der Waals surface area (Å²) in [4.78, 5) is 12.2. The maximum Gasteiger partial charge on any atom is 0.327 e. The molecule has 0 radical (unpaired) electrons. The third kappa shape index (κ3) is 4.43. The number of ether oxygens (including phenoxy) is 2. The number of hydrogen-bond donors (Lipinski definition) is 1. The molecule has 2 rings (SSSR count). The van der Waals surface area contributed by atoms with E-state index in [2.05, 4.69) is 5.32 Å². The van der Waals surface area contributed by atoms with Crippen LogP contribution in [0, 0.1) is 6.92 Å². The number of nitrogens with one attached hydrogen (secondary N) is 1. The summed E-state index contributed by atoms with van der Waals surface area (Å²) in [5.74, 6) is -0.282.